The highest BCUT2D eigenvalue weighted by atomic mass is 16.6. The van der Waals surface area contributed by atoms with Crippen LogP contribution in [0.15, 0.2) is 6.33 Å². The van der Waals surface area contributed by atoms with Crippen molar-refractivity contribution < 1.29 is 14.8 Å². The number of ether oxygens (including phenoxy) is 1. The van der Waals surface area contributed by atoms with E-state index in [0.29, 0.717) is 0 Å². The van der Waals surface area contributed by atoms with Gasteiger partial charge in [-0.2, -0.15) is 4.98 Å². The van der Waals surface area contributed by atoms with Crippen LogP contribution in [0.5, 0.6) is 5.88 Å². The number of rotatable bonds is 5. The lowest BCUT2D eigenvalue weighted by atomic mass is 9.86. The van der Waals surface area contributed by atoms with Crippen molar-refractivity contribution in [3.8, 4) is 5.88 Å². The minimum Gasteiger partial charge on any atom is -0.476 e. The van der Waals surface area contributed by atoms with Crippen LogP contribution in [0, 0.1) is 10.1 Å². The van der Waals surface area contributed by atoms with Gasteiger partial charge >= 0.3 is 5.69 Å². The minimum atomic E-state index is -1.11. The van der Waals surface area contributed by atoms with Crippen molar-refractivity contribution in [1.29, 1.82) is 0 Å². The molecular formula is C11H18N4O4. The Morgan fingerprint density at radius 3 is 2.37 bits per heavy atom. The molecule has 0 saturated heterocycles. The number of hydrogen-bond acceptors (Lipinski definition) is 7. The van der Waals surface area contributed by atoms with Gasteiger partial charge in [0.2, 0.25) is 5.82 Å². The lowest BCUT2D eigenvalue weighted by Gasteiger charge is -2.38. The molecule has 0 aromatic carbocycles. The Hall–Kier alpha value is -1.96. The summed E-state index contributed by atoms with van der Waals surface area (Å²) in [5.74, 6) is -0.127. The summed E-state index contributed by atoms with van der Waals surface area (Å²) in [7, 11) is 1.29. The van der Waals surface area contributed by atoms with Crippen LogP contribution < -0.4 is 10.1 Å². The molecule has 1 aromatic heterocycles. The Kier molecular flexibility index (Phi) is 3.94. The topological polar surface area (TPSA) is 110 Å². The summed E-state index contributed by atoms with van der Waals surface area (Å²) in [5, 5.41) is 24.0. The quantitative estimate of drug-likeness (QED) is 0.613. The molecule has 0 unspecified atom stereocenters. The molecule has 0 amide bonds. The Bertz CT molecular complexity index is 482. The molecule has 1 aromatic rings. The van der Waals surface area contributed by atoms with Crippen LogP contribution in [0.2, 0.25) is 0 Å². The van der Waals surface area contributed by atoms with Gasteiger partial charge < -0.3 is 15.2 Å². The van der Waals surface area contributed by atoms with Gasteiger partial charge in [0.25, 0.3) is 5.88 Å². The van der Waals surface area contributed by atoms with E-state index in [9.17, 15) is 15.2 Å². The zero-order valence-electron chi connectivity index (χ0n) is 11.6. The largest absolute Gasteiger partial charge is 0.476 e. The van der Waals surface area contributed by atoms with Crippen molar-refractivity contribution in [3.05, 3.63) is 16.4 Å². The number of nitro groups is 1. The van der Waals surface area contributed by atoms with Crippen molar-refractivity contribution >= 4 is 11.5 Å². The lowest BCUT2D eigenvalue weighted by Crippen LogP contribution is -2.51. The number of anilines is 1. The summed E-state index contributed by atoms with van der Waals surface area (Å²) in [6, 6.07) is 0. The molecule has 0 saturated carbocycles. The van der Waals surface area contributed by atoms with Gasteiger partial charge in [0.15, 0.2) is 0 Å². The fraction of sp³-hybridized carbons (Fsp3) is 0.636. The molecule has 106 valence electrons. The van der Waals surface area contributed by atoms with E-state index < -0.39 is 16.1 Å². The monoisotopic (exact) mass is 270 g/mol. The summed E-state index contributed by atoms with van der Waals surface area (Å²) in [5.41, 5.74) is -2.31. The van der Waals surface area contributed by atoms with Gasteiger partial charge in [-0.1, -0.05) is 0 Å². The van der Waals surface area contributed by atoms with Gasteiger partial charge in [-0.05, 0) is 27.7 Å². The average Bonchev–Trinajstić information content (AvgIpc) is 2.26. The van der Waals surface area contributed by atoms with Crippen LogP contribution in [0.3, 0.4) is 0 Å². The molecule has 0 aliphatic rings. The first-order chi connectivity index (χ1) is 8.60. The first kappa shape index (κ1) is 15.1. The molecule has 0 fully saturated rings. The van der Waals surface area contributed by atoms with E-state index in [2.05, 4.69) is 15.3 Å². The SMILES string of the molecule is COc1ncnc(NC(C)(C)C(C)(C)O)c1[N+](=O)[O-]. The molecule has 0 aliphatic heterocycles. The molecule has 0 bridgehead atoms. The highest BCUT2D eigenvalue weighted by Gasteiger charge is 2.38. The van der Waals surface area contributed by atoms with Gasteiger partial charge in [-0.3, -0.25) is 10.1 Å². The van der Waals surface area contributed by atoms with Crippen LogP contribution in [-0.2, 0) is 0 Å². The first-order valence-corrected chi connectivity index (χ1v) is 5.64. The van der Waals surface area contributed by atoms with Gasteiger partial charge in [0.1, 0.15) is 6.33 Å². The Labute approximate surface area is 111 Å². The number of methoxy groups -OCH3 is 1. The third kappa shape index (κ3) is 3.08. The molecule has 0 radical (unpaired) electrons. The second-order valence-corrected chi connectivity index (χ2v) is 5.15. The van der Waals surface area contributed by atoms with Gasteiger partial charge in [0.05, 0.1) is 23.2 Å². The number of nitrogens with zero attached hydrogens (tertiary/aromatic N) is 3. The van der Waals surface area contributed by atoms with Crippen molar-refractivity contribution in [2.75, 3.05) is 12.4 Å². The predicted octanol–water partition coefficient (Wildman–Crippen LogP) is 1.35. The predicted molar refractivity (Wildman–Crippen MR) is 69.2 cm³/mol. The first-order valence-electron chi connectivity index (χ1n) is 5.64. The van der Waals surface area contributed by atoms with E-state index >= 15 is 0 Å². The van der Waals surface area contributed by atoms with Gasteiger partial charge in [-0.15, -0.1) is 0 Å². The molecule has 0 atom stereocenters. The molecule has 0 aliphatic carbocycles. The average molecular weight is 270 g/mol. The molecular weight excluding hydrogens is 252 g/mol. The Balaban J connectivity index is 3.26. The van der Waals surface area contributed by atoms with Crippen molar-refractivity contribution in [2.45, 2.75) is 38.8 Å². The van der Waals surface area contributed by atoms with Crippen LogP contribution >= 0.6 is 0 Å². The summed E-state index contributed by atoms with van der Waals surface area (Å²) in [6.45, 7) is 6.63. The van der Waals surface area contributed by atoms with E-state index in [-0.39, 0.29) is 17.4 Å². The van der Waals surface area contributed by atoms with E-state index in [1.807, 2.05) is 0 Å². The molecule has 8 nitrogen and oxygen atoms in total. The van der Waals surface area contributed by atoms with Gasteiger partial charge in [-0.25, -0.2) is 4.98 Å². The van der Waals surface area contributed by atoms with E-state index in [4.69, 9.17) is 4.74 Å². The third-order valence-electron chi connectivity index (χ3n) is 3.13. The minimum absolute atomic E-state index is 0.00368. The fourth-order valence-electron chi connectivity index (χ4n) is 1.22. The fourth-order valence-corrected chi connectivity index (χ4v) is 1.22. The second-order valence-electron chi connectivity index (χ2n) is 5.15. The Morgan fingerprint density at radius 1 is 1.37 bits per heavy atom. The second kappa shape index (κ2) is 4.96. The zero-order valence-corrected chi connectivity index (χ0v) is 11.6. The van der Waals surface area contributed by atoms with Crippen molar-refractivity contribution in [2.24, 2.45) is 0 Å². The summed E-state index contributed by atoms with van der Waals surface area (Å²) in [6.07, 6.45) is 1.16. The molecule has 0 spiro atoms. The summed E-state index contributed by atoms with van der Waals surface area (Å²) < 4.78 is 4.85. The Morgan fingerprint density at radius 2 is 1.95 bits per heavy atom. The summed E-state index contributed by atoms with van der Waals surface area (Å²) >= 11 is 0. The lowest BCUT2D eigenvalue weighted by molar-refractivity contribution is -0.385. The number of hydrogen-bond donors (Lipinski definition) is 2. The van der Waals surface area contributed by atoms with E-state index in [1.54, 1.807) is 27.7 Å². The standard InChI is InChI=1S/C11H18N4O4/c1-10(2,11(3,4)16)14-8-7(15(17)18)9(19-5)13-6-12-8/h6,16H,1-5H3,(H,12,13,14). The van der Waals surface area contributed by atoms with Crippen molar-refractivity contribution in [1.82, 2.24) is 9.97 Å². The molecule has 8 heteroatoms. The van der Waals surface area contributed by atoms with Crippen LogP contribution in [0.25, 0.3) is 0 Å². The normalized spacial score (nSPS) is 12.1. The van der Waals surface area contributed by atoms with E-state index in [1.165, 1.54) is 7.11 Å². The van der Waals surface area contributed by atoms with Crippen LogP contribution in [0.4, 0.5) is 11.5 Å². The molecule has 2 N–H and O–H groups in total. The van der Waals surface area contributed by atoms with Gasteiger partial charge in [0, 0.05) is 0 Å². The highest BCUT2D eigenvalue weighted by Crippen LogP contribution is 2.34. The smallest absolute Gasteiger partial charge is 0.372 e. The number of aliphatic hydroxyl groups is 1. The van der Waals surface area contributed by atoms with Crippen LogP contribution in [0.1, 0.15) is 27.7 Å². The van der Waals surface area contributed by atoms with Crippen LogP contribution in [-0.4, -0.2) is 38.2 Å². The summed E-state index contributed by atoms with van der Waals surface area (Å²) in [4.78, 5) is 18.0. The van der Waals surface area contributed by atoms with Crippen molar-refractivity contribution in [3.63, 3.8) is 0 Å². The highest BCUT2D eigenvalue weighted by molar-refractivity contribution is 5.62. The molecule has 1 heterocycles. The molecule has 19 heavy (non-hydrogen) atoms. The maximum atomic E-state index is 11.1. The number of aromatic nitrogens is 2. The molecule has 1 rings (SSSR count). The van der Waals surface area contributed by atoms with E-state index in [0.717, 1.165) is 6.33 Å². The zero-order chi connectivity index (χ0) is 14.8. The number of nitrogens with one attached hydrogen (secondary N) is 1. The maximum absolute atomic E-state index is 11.1. The maximum Gasteiger partial charge on any atom is 0.372 e. The third-order valence-corrected chi connectivity index (χ3v) is 3.13.